The molecule has 0 radical (unpaired) electrons. The molecule has 0 aliphatic carbocycles. The van der Waals surface area contributed by atoms with E-state index in [-0.39, 0.29) is 17.6 Å². The zero-order chi connectivity index (χ0) is 16.2. The van der Waals surface area contributed by atoms with E-state index in [2.05, 4.69) is 0 Å². The molecule has 5 heteroatoms. The minimum Gasteiger partial charge on any atom is -0.382 e. The highest BCUT2D eigenvalue weighted by Crippen LogP contribution is 2.23. The number of carbonyl (C=O) groups excluding carboxylic acids is 1. The predicted molar refractivity (Wildman–Crippen MR) is 83.9 cm³/mol. The van der Waals surface area contributed by atoms with Crippen molar-refractivity contribution in [2.45, 2.75) is 32.2 Å². The Labute approximate surface area is 132 Å². The van der Waals surface area contributed by atoms with Gasteiger partial charge < -0.3 is 19.1 Å². The van der Waals surface area contributed by atoms with Crippen LogP contribution in [0, 0.1) is 0 Å². The molecule has 5 nitrogen and oxygen atoms in total. The number of ether oxygens (including phenoxy) is 3. The number of amides is 1. The maximum Gasteiger partial charge on any atom is 0.254 e. The highest BCUT2D eigenvalue weighted by atomic mass is 16.5. The number of hydrogen-bond acceptors (Lipinski definition) is 4. The van der Waals surface area contributed by atoms with E-state index in [9.17, 15) is 4.79 Å². The number of morpholine rings is 1. The predicted octanol–water partition coefficient (Wildman–Crippen LogP) is 2.10. The summed E-state index contributed by atoms with van der Waals surface area (Å²) in [6, 6.07) is 7.55. The van der Waals surface area contributed by atoms with E-state index in [0.717, 1.165) is 5.56 Å². The maximum absolute atomic E-state index is 12.7. The van der Waals surface area contributed by atoms with E-state index >= 15 is 0 Å². The topological polar surface area (TPSA) is 48.0 Å². The Morgan fingerprint density at radius 3 is 2.55 bits per heavy atom. The molecular formula is C17H25NO4. The lowest BCUT2D eigenvalue weighted by atomic mass is 10.0. The average molecular weight is 307 g/mol. The first kappa shape index (κ1) is 16.9. The molecule has 1 amide bonds. The third-order valence-corrected chi connectivity index (χ3v) is 3.63. The molecule has 1 aromatic rings. The summed E-state index contributed by atoms with van der Waals surface area (Å²) in [6.07, 6.45) is -0.0922. The van der Waals surface area contributed by atoms with E-state index in [1.807, 2.05) is 43.0 Å². The quantitative estimate of drug-likeness (QED) is 0.836. The first-order chi connectivity index (χ1) is 10.4. The molecule has 1 atom stereocenters. The van der Waals surface area contributed by atoms with Crippen LogP contribution < -0.4 is 0 Å². The van der Waals surface area contributed by atoms with Gasteiger partial charge in [-0.1, -0.05) is 12.1 Å². The fraction of sp³-hybridized carbons (Fsp3) is 0.588. The van der Waals surface area contributed by atoms with Crippen molar-refractivity contribution < 1.29 is 19.0 Å². The highest BCUT2D eigenvalue weighted by molar-refractivity contribution is 5.94. The van der Waals surface area contributed by atoms with Gasteiger partial charge in [-0.25, -0.2) is 0 Å². The summed E-state index contributed by atoms with van der Waals surface area (Å²) in [5.41, 5.74) is 1.37. The van der Waals surface area contributed by atoms with Crippen LogP contribution in [-0.2, 0) is 20.8 Å². The molecule has 1 aliphatic heterocycles. The molecule has 1 aliphatic rings. The molecule has 0 unspecified atom stereocenters. The number of hydrogen-bond donors (Lipinski definition) is 0. The van der Waals surface area contributed by atoms with Gasteiger partial charge in [0.05, 0.1) is 24.9 Å². The van der Waals surface area contributed by atoms with Gasteiger partial charge in [0, 0.05) is 32.9 Å². The van der Waals surface area contributed by atoms with Crippen LogP contribution in [0.1, 0.15) is 29.8 Å². The van der Waals surface area contributed by atoms with Crippen LogP contribution in [0.3, 0.4) is 0 Å². The maximum atomic E-state index is 12.7. The summed E-state index contributed by atoms with van der Waals surface area (Å²) < 4.78 is 16.2. The third kappa shape index (κ3) is 4.29. The second-order valence-electron chi connectivity index (χ2n) is 6.27. The van der Waals surface area contributed by atoms with Crippen LogP contribution in [0.15, 0.2) is 24.3 Å². The van der Waals surface area contributed by atoms with E-state index in [4.69, 9.17) is 14.2 Å². The van der Waals surface area contributed by atoms with E-state index in [1.54, 1.807) is 14.2 Å². The van der Waals surface area contributed by atoms with Crippen molar-refractivity contribution in [3.05, 3.63) is 35.4 Å². The minimum absolute atomic E-state index is 0.0291. The van der Waals surface area contributed by atoms with Gasteiger partial charge in [-0.15, -0.1) is 0 Å². The Bertz CT molecular complexity index is 498. The average Bonchev–Trinajstić information content (AvgIpc) is 2.46. The first-order valence-electron chi connectivity index (χ1n) is 7.49. The molecular weight excluding hydrogens is 282 g/mol. The van der Waals surface area contributed by atoms with Gasteiger partial charge in [-0.05, 0) is 31.5 Å². The van der Waals surface area contributed by atoms with Crippen LogP contribution in [0.25, 0.3) is 0 Å². The number of carbonyl (C=O) groups is 1. The number of benzene rings is 1. The zero-order valence-corrected chi connectivity index (χ0v) is 13.8. The lowest BCUT2D eigenvalue weighted by Crippen LogP contribution is -2.55. The summed E-state index contributed by atoms with van der Waals surface area (Å²) in [4.78, 5) is 14.6. The molecule has 1 saturated heterocycles. The fourth-order valence-corrected chi connectivity index (χ4v) is 2.82. The summed E-state index contributed by atoms with van der Waals surface area (Å²) in [6.45, 7) is 6.16. The monoisotopic (exact) mass is 307 g/mol. The van der Waals surface area contributed by atoms with Crippen molar-refractivity contribution in [1.29, 1.82) is 0 Å². The van der Waals surface area contributed by atoms with Crippen LogP contribution in [0.4, 0.5) is 0 Å². The van der Waals surface area contributed by atoms with Crippen LogP contribution in [0.2, 0.25) is 0 Å². The smallest absolute Gasteiger partial charge is 0.254 e. The van der Waals surface area contributed by atoms with Crippen LogP contribution in [0.5, 0.6) is 0 Å². The largest absolute Gasteiger partial charge is 0.382 e. The van der Waals surface area contributed by atoms with Crippen molar-refractivity contribution in [1.82, 2.24) is 4.90 Å². The molecule has 122 valence electrons. The Hall–Kier alpha value is -1.43. The summed E-state index contributed by atoms with van der Waals surface area (Å²) in [7, 11) is 3.30. The lowest BCUT2D eigenvalue weighted by Gasteiger charge is -2.42. The van der Waals surface area contributed by atoms with Crippen molar-refractivity contribution in [2.24, 2.45) is 0 Å². The van der Waals surface area contributed by atoms with Gasteiger partial charge in [0.15, 0.2) is 0 Å². The molecule has 22 heavy (non-hydrogen) atoms. The molecule has 2 rings (SSSR count). The number of methoxy groups -OCH3 is 2. The standard InChI is InChI=1S/C17H25NO4/c1-17(2)12-18(9-15(22-17)11-21-4)16(19)14-7-5-13(6-8-14)10-20-3/h5-8,15H,9-12H2,1-4H3/t15-/m0/s1. The summed E-state index contributed by atoms with van der Waals surface area (Å²) >= 11 is 0. The third-order valence-electron chi connectivity index (χ3n) is 3.63. The Kier molecular flexibility index (Phi) is 5.56. The Morgan fingerprint density at radius 2 is 1.95 bits per heavy atom. The minimum atomic E-state index is -0.368. The number of nitrogens with zero attached hydrogens (tertiary/aromatic N) is 1. The normalized spacial score (nSPS) is 20.9. The molecule has 0 bridgehead atoms. The molecule has 0 spiro atoms. The second kappa shape index (κ2) is 7.22. The molecule has 0 aromatic heterocycles. The molecule has 0 N–H and O–H groups in total. The van der Waals surface area contributed by atoms with E-state index < -0.39 is 0 Å². The SMILES string of the molecule is COCc1ccc(C(=O)N2C[C@@H](COC)OC(C)(C)C2)cc1. The lowest BCUT2D eigenvalue weighted by molar-refractivity contribution is -0.143. The van der Waals surface area contributed by atoms with Gasteiger partial charge >= 0.3 is 0 Å². The van der Waals surface area contributed by atoms with Crippen molar-refractivity contribution in [3.63, 3.8) is 0 Å². The fourth-order valence-electron chi connectivity index (χ4n) is 2.82. The number of rotatable bonds is 5. The Balaban J connectivity index is 2.09. The molecule has 1 aromatic carbocycles. The zero-order valence-electron chi connectivity index (χ0n) is 13.8. The van der Waals surface area contributed by atoms with E-state index in [0.29, 0.717) is 31.9 Å². The second-order valence-corrected chi connectivity index (χ2v) is 6.27. The van der Waals surface area contributed by atoms with Gasteiger partial charge in [0.1, 0.15) is 0 Å². The van der Waals surface area contributed by atoms with Gasteiger partial charge in [-0.3, -0.25) is 4.79 Å². The van der Waals surface area contributed by atoms with Gasteiger partial charge in [0.25, 0.3) is 5.91 Å². The van der Waals surface area contributed by atoms with Crippen LogP contribution in [-0.4, -0.2) is 56.4 Å². The highest BCUT2D eigenvalue weighted by Gasteiger charge is 2.35. The summed E-state index contributed by atoms with van der Waals surface area (Å²) in [5.74, 6) is 0.0291. The van der Waals surface area contributed by atoms with Crippen molar-refractivity contribution >= 4 is 5.91 Å². The van der Waals surface area contributed by atoms with E-state index in [1.165, 1.54) is 0 Å². The molecule has 0 saturated carbocycles. The van der Waals surface area contributed by atoms with Gasteiger partial charge in [0.2, 0.25) is 0 Å². The van der Waals surface area contributed by atoms with Crippen molar-refractivity contribution in [3.8, 4) is 0 Å². The molecule has 1 fully saturated rings. The Morgan fingerprint density at radius 1 is 1.27 bits per heavy atom. The first-order valence-corrected chi connectivity index (χ1v) is 7.49. The van der Waals surface area contributed by atoms with Crippen molar-refractivity contribution in [2.75, 3.05) is 33.9 Å². The summed E-state index contributed by atoms with van der Waals surface area (Å²) in [5, 5.41) is 0. The van der Waals surface area contributed by atoms with Gasteiger partial charge in [-0.2, -0.15) is 0 Å². The van der Waals surface area contributed by atoms with Crippen LogP contribution >= 0.6 is 0 Å². The molecule has 1 heterocycles.